The zero-order chi connectivity index (χ0) is 20.8. The van der Waals surface area contributed by atoms with Crippen molar-refractivity contribution < 1.29 is 0 Å². The molecule has 2 saturated carbocycles. The molecule has 0 amide bonds. The molecule has 3 nitrogen and oxygen atoms in total. The molecule has 1 heterocycles. The molecule has 0 saturated heterocycles. The van der Waals surface area contributed by atoms with Crippen LogP contribution in [0.1, 0.15) is 68.9 Å². The van der Waals surface area contributed by atoms with E-state index in [4.69, 9.17) is 17.3 Å². The fourth-order valence-electron chi connectivity index (χ4n) is 5.50. The van der Waals surface area contributed by atoms with Crippen molar-refractivity contribution >= 4 is 11.6 Å². The molecule has 4 heteroatoms. The van der Waals surface area contributed by atoms with Gasteiger partial charge in [0.05, 0.1) is 0 Å². The molecule has 0 spiro atoms. The Bertz CT molecular complexity index is 748. The molecule has 2 fully saturated rings. The molecule has 0 aliphatic heterocycles. The van der Waals surface area contributed by atoms with Crippen LogP contribution in [0.2, 0.25) is 5.02 Å². The lowest BCUT2D eigenvalue weighted by Crippen LogP contribution is -2.37. The highest BCUT2D eigenvalue weighted by Crippen LogP contribution is 2.37. The number of hydrogen-bond donors (Lipinski definition) is 1. The number of halogens is 1. The Morgan fingerprint density at radius 1 is 0.767 bits per heavy atom. The lowest BCUT2D eigenvalue weighted by Gasteiger charge is -2.38. The van der Waals surface area contributed by atoms with Crippen LogP contribution in [0, 0.1) is 11.8 Å². The van der Waals surface area contributed by atoms with Crippen LogP contribution in [0.25, 0.3) is 0 Å². The van der Waals surface area contributed by atoms with Gasteiger partial charge in [0.15, 0.2) is 0 Å². The van der Waals surface area contributed by atoms with Gasteiger partial charge in [-0.05, 0) is 105 Å². The van der Waals surface area contributed by atoms with E-state index in [9.17, 15) is 0 Å². The normalized spacial score (nSPS) is 27.3. The summed E-state index contributed by atoms with van der Waals surface area (Å²) in [5.41, 5.74) is 8.79. The van der Waals surface area contributed by atoms with Crippen LogP contribution < -0.4 is 5.73 Å². The average molecular weight is 426 g/mol. The summed E-state index contributed by atoms with van der Waals surface area (Å²) >= 11 is 6.10. The van der Waals surface area contributed by atoms with Gasteiger partial charge in [0.2, 0.25) is 0 Å². The monoisotopic (exact) mass is 425 g/mol. The van der Waals surface area contributed by atoms with Gasteiger partial charge in [-0.25, -0.2) is 0 Å². The smallest absolute Gasteiger partial charge is 0.0406 e. The predicted octanol–water partition coefficient (Wildman–Crippen LogP) is 6.20. The molecule has 2 N–H and O–H groups in total. The lowest BCUT2D eigenvalue weighted by molar-refractivity contribution is 0.111. The molecule has 2 aliphatic rings. The highest BCUT2D eigenvalue weighted by Gasteiger charge is 2.29. The number of aromatic nitrogens is 1. The number of benzene rings is 1. The standard InChI is InChI=1S/C26H36ClN3/c27-24-7-1-22(2-8-24)18-30(19-23-13-15-29-16-14-23)26-11-5-21(6-12-26)17-20-3-9-25(28)10-4-20/h1-2,7-8,13-16,20-21,25-26H,3-6,9-12,17-19,28H2. The average Bonchev–Trinajstić information content (AvgIpc) is 2.78. The molecule has 0 bridgehead atoms. The highest BCUT2D eigenvalue weighted by molar-refractivity contribution is 6.30. The summed E-state index contributed by atoms with van der Waals surface area (Å²) in [6.07, 6.45) is 15.8. The molecule has 1 aromatic heterocycles. The van der Waals surface area contributed by atoms with Crippen LogP contribution in [-0.4, -0.2) is 22.0 Å². The van der Waals surface area contributed by atoms with Gasteiger partial charge in [-0.1, -0.05) is 23.7 Å². The Morgan fingerprint density at radius 2 is 1.30 bits per heavy atom. The third-order valence-corrected chi connectivity index (χ3v) is 7.58. The van der Waals surface area contributed by atoms with E-state index in [0.29, 0.717) is 12.1 Å². The number of pyridine rings is 1. The first-order chi connectivity index (χ1) is 14.7. The van der Waals surface area contributed by atoms with Gasteiger partial charge >= 0.3 is 0 Å². The van der Waals surface area contributed by atoms with Gasteiger partial charge in [-0.3, -0.25) is 9.88 Å². The van der Waals surface area contributed by atoms with Gasteiger partial charge in [-0.2, -0.15) is 0 Å². The number of rotatable bonds is 7. The number of nitrogens with two attached hydrogens (primary N) is 1. The maximum Gasteiger partial charge on any atom is 0.0406 e. The third kappa shape index (κ3) is 6.29. The number of hydrogen-bond acceptors (Lipinski definition) is 3. The fraction of sp³-hybridized carbons (Fsp3) is 0.577. The summed E-state index contributed by atoms with van der Waals surface area (Å²) in [6.45, 7) is 1.97. The minimum absolute atomic E-state index is 0.464. The maximum atomic E-state index is 6.10. The molecule has 0 radical (unpaired) electrons. The van der Waals surface area contributed by atoms with E-state index in [-0.39, 0.29) is 0 Å². The summed E-state index contributed by atoms with van der Waals surface area (Å²) in [6, 6.07) is 13.8. The van der Waals surface area contributed by atoms with E-state index >= 15 is 0 Å². The summed E-state index contributed by atoms with van der Waals surface area (Å²) in [4.78, 5) is 6.86. The Morgan fingerprint density at radius 3 is 1.90 bits per heavy atom. The van der Waals surface area contributed by atoms with Crippen molar-refractivity contribution in [3.05, 3.63) is 64.9 Å². The van der Waals surface area contributed by atoms with Crippen molar-refractivity contribution in [1.82, 2.24) is 9.88 Å². The van der Waals surface area contributed by atoms with Crippen LogP contribution in [0.15, 0.2) is 48.8 Å². The Hall–Kier alpha value is -1.42. The summed E-state index contributed by atoms with van der Waals surface area (Å²) in [5.74, 6) is 1.84. The molecule has 2 aliphatic carbocycles. The second kappa shape index (κ2) is 10.7. The Balaban J connectivity index is 1.35. The molecule has 0 unspecified atom stereocenters. The van der Waals surface area contributed by atoms with Gasteiger partial charge in [0, 0.05) is 42.6 Å². The largest absolute Gasteiger partial charge is 0.328 e. The van der Waals surface area contributed by atoms with Gasteiger partial charge in [0.1, 0.15) is 0 Å². The maximum absolute atomic E-state index is 6.10. The molecule has 30 heavy (non-hydrogen) atoms. The van der Waals surface area contributed by atoms with Crippen molar-refractivity contribution in [2.24, 2.45) is 17.6 Å². The summed E-state index contributed by atoms with van der Waals surface area (Å²) < 4.78 is 0. The third-order valence-electron chi connectivity index (χ3n) is 7.32. The zero-order valence-corrected chi connectivity index (χ0v) is 18.8. The molecule has 162 valence electrons. The van der Waals surface area contributed by atoms with Crippen molar-refractivity contribution in [3.63, 3.8) is 0 Å². The van der Waals surface area contributed by atoms with E-state index < -0.39 is 0 Å². The van der Waals surface area contributed by atoms with Gasteiger partial charge in [-0.15, -0.1) is 0 Å². The predicted molar refractivity (Wildman–Crippen MR) is 125 cm³/mol. The first-order valence-electron chi connectivity index (χ1n) is 11.8. The molecule has 1 aromatic carbocycles. The summed E-state index contributed by atoms with van der Waals surface area (Å²) in [7, 11) is 0. The van der Waals surface area contributed by atoms with Crippen LogP contribution in [0.4, 0.5) is 0 Å². The highest BCUT2D eigenvalue weighted by atomic mass is 35.5. The Labute approximate surface area is 187 Å². The van der Waals surface area contributed by atoms with Crippen LogP contribution in [-0.2, 0) is 13.1 Å². The molecular weight excluding hydrogens is 390 g/mol. The second-order valence-corrected chi connectivity index (χ2v) is 10.0. The summed E-state index contributed by atoms with van der Waals surface area (Å²) in [5, 5.41) is 0.809. The lowest BCUT2D eigenvalue weighted by atomic mass is 9.75. The van der Waals surface area contributed by atoms with Gasteiger partial charge in [0.25, 0.3) is 0 Å². The molecule has 4 rings (SSSR count). The topological polar surface area (TPSA) is 42.1 Å². The fourth-order valence-corrected chi connectivity index (χ4v) is 5.63. The van der Waals surface area contributed by atoms with Crippen LogP contribution in [0.5, 0.6) is 0 Å². The SMILES string of the molecule is NC1CCC(CC2CCC(N(Cc3ccncc3)Cc3ccc(Cl)cc3)CC2)CC1. The molecule has 2 aromatic rings. The molecule has 0 atom stereocenters. The van der Waals surface area contributed by atoms with E-state index in [1.54, 1.807) is 0 Å². The van der Waals surface area contributed by atoms with Crippen molar-refractivity contribution in [2.45, 2.75) is 83.0 Å². The second-order valence-electron chi connectivity index (χ2n) is 9.58. The quantitative estimate of drug-likeness (QED) is 0.573. The van der Waals surface area contributed by atoms with Crippen molar-refractivity contribution in [3.8, 4) is 0 Å². The van der Waals surface area contributed by atoms with E-state index in [2.05, 4.69) is 34.1 Å². The van der Waals surface area contributed by atoms with E-state index in [0.717, 1.165) is 29.9 Å². The zero-order valence-electron chi connectivity index (χ0n) is 18.1. The molecular formula is C26H36ClN3. The first kappa shape index (κ1) is 21.8. The first-order valence-corrected chi connectivity index (χ1v) is 12.2. The van der Waals surface area contributed by atoms with Gasteiger partial charge < -0.3 is 5.73 Å². The van der Waals surface area contributed by atoms with E-state index in [1.807, 2.05) is 24.5 Å². The van der Waals surface area contributed by atoms with Crippen LogP contribution >= 0.6 is 11.6 Å². The van der Waals surface area contributed by atoms with E-state index in [1.165, 1.54) is 68.9 Å². The van der Waals surface area contributed by atoms with Crippen molar-refractivity contribution in [2.75, 3.05) is 0 Å². The minimum Gasteiger partial charge on any atom is -0.328 e. The Kier molecular flexibility index (Phi) is 7.81. The number of nitrogens with zero attached hydrogens (tertiary/aromatic N) is 2. The minimum atomic E-state index is 0.464. The van der Waals surface area contributed by atoms with Crippen molar-refractivity contribution in [1.29, 1.82) is 0 Å². The van der Waals surface area contributed by atoms with Crippen LogP contribution in [0.3, 0.4) is 0 Å².